The predicted molar refractivity (Wildman–Crippen MR) is 72.2 cm³/mol. The third kappa shape index (κ3) is 2.91. The van der Waals surface area contributed by atoms with Gasteiger partial charge in [0.2, 0.25) is 0 Å². The van der Waals surface area contributed by atoms with Gasteiger partial charge in [-0.2, -0.15) is 0 Å². The van der Waals surface area contributed by atoms with Gasteiger partial charge in [0.25, 0.3) is 0 Å². The van der Waals surface area contributed by atoms with Gasteiger partial charge in [0.15, 0.2) is 5.78 Å². The fraction of sp³-hybridized carbons (Fsp3) is 0.533. The summed E-state index contributed by atoms with van der Waals surface area (Å²) >= 11 is 0. The zero-order valence-electron chi connectivity index (χ0n) is 11.2. The first kappa shape index (κ1) is 13.1. The van der Waals surface area contributed by atoms with E-state index in [1.807, 2.05) is 31.2 Å². The molecule has 1 unspecified atom stereocenters. The molecule has 1 saturated heterocycles. The highest BCUT2D eigenvalue weighted by Crippen LogP contribution is 2.17. The van der Waals surface area contributed by atoms with Gasteiger partial charge in [-0.25, -0.2) is 0 Å². The van der Waals surface area contributed by atoms with Crippen molar-refractivity contribution in [3.05, 3.63) is 29.8 Å². The van der Waals surface area contributed by atoms with E-state index in [0.29, 0.717) is 0 Å². The van der Waals surface area contributed by atoms with Gasteiger partial charge in [-0.3, -0.25) is 9.69 Å². The van der Waals surface area contributed by atoms with E-state index in [1.54, 1.807) is 7.11 Å². The predicted octanol–water partition coefficient (Wildman–Crippen LogP) is 2.75. The zero-order chi connectivity index (χ0) is 13.0. The number of hydrogen-bond donors (Lipinski definition) is 0. The first-order valence-electron chi connectivity index (χ1n) is 6.64. The molecular formula is C15H21NO2. The fourth-order valence-corrected chi connectivity index (χ4v) is 2.47. The molecule has 0 aromatic heterocycles. The molecular weight excluding hydrogens is 226 g/mol. The molecule has 0 N–H and O–H groups in total. The number of piperidine rings is 1. The highest BCUT2D eigenvalue weighted by Gasteiger charge is 2.23. The minimum atomic E-state index is -0.0151. The Hall–Kier alpha value is -1.35. The summed E-state index contributed by atoms with van der Waals surface area (Å²) in [5.74, 6) is 0.997. The summed E-state index contributed by atoms with van der Waals surface area (Å²) in [4.78, 5) is 14.6. The van der Waals surface area contributed by atoms with Crippen molar-refractivity contribution in [1.29, 1.82) is 0 Å². The number of methoxy groups -OCH3 is 1. The SMILES string of the molecule is COc1ccc(C(=O)C(C)N2CCCCC2)cc1. The van der Waals surface area contributed by atoms with Crippen LogP contribution in [0.1, 0.15) is 36.5 Å². The van der Waals surface area contributed by atoms with Gasteiger partial charge < -0.3 is 4.74 Å². The van der Waals surface area contributed by atoms with E-state index >= 15 is 0 Å². The highest BCUT2D eigenvalue weighted by molar-refractivity contribution is 5.99. The van der Waals surface area contributed by atoms with E-state index in [2.05, 4.69) is 4.90 Å². The Balaban J connectivity index is 2.04. The molecule has 0 aliphatic carbocycles. The lowest BCUT2D eigenvalue weighted by Crippen LogP contribution is -2.42. The van der Waals surface area contributed by atoms with Crippen LogP contribution in [0.2, 0.25) is 0 Å². The molecule has 0 amide bonds. The van der Waals surface area contributed by atoms with Crippen molar-refractivity contribution >= 4 is 5.78 Å². The van der Waals surface area contributed by atoms with Crippen molar-refractivity contribution in [3.8, 4) is 5.75 Å². The molecule has 3 nitrogen and oxygen atoms in total. The summed E-state index contributed by atoms with van der Waals surface area (Å²) in [6.45, 7) is 4.10. The van der Waals surface area contributed by atoms with Crippen LogP contribution >= 0.6 is 0 Å². The number of hydrogen-bond acceptors (Lipinski definition) is 3. The van der Waals surface area contributed by atoms with Crippen LogP contribution in [0.5, 0.6) is 5.75 Å². The molecule has 98 valence electrons. The molecule has 1 aromatic rings. The Morgan fingerprint density at radius 1 is 1.17 bits per heavy atom. The first-order chi connectivity index (χ1) is 8.72. The Kier molecular flexibility index (Phi) is 4.37. The van der Waals surface area contributed by atoms with Crippen LogP contribution in [-0.2, 0) is 0 Å². The fourth-order valence-electron chi connectivity index (χ4n) is 2.47. The van der Waals surface area contributed by atoms with Crippen LogP contribution in [0.25, 0.3) is 0 Å². The van der Waals surface area contributed by atoms with E-state index < -0.39 is 0 Å². The van der Waals surface area contributed by atoms with E-state index in [1.165, 1.54) is 19.3 Å². The number of ether oxygens (including phenoxy) is 1. The van der Waals surface area contributed by atoms with Crippen molar-refractivity contribution in [2.75, 3.05) is 20.2 Å². The maximum absolute atomic E-state index is 12.4. The van der Waals surface area contributed by atoms with Crippen LogP contribution in [0, 0.1) is 0 Å². The largest absolute Gasteiger partial charge is 0.497 e. The Morgan fingerprint density at radius 3 is 2.33 bits per heavy atom. The zero-order valence-corrected chi connectivity index (χ0v) is 11.2. The molecule has 1 aliphatic rings. The number of likely N-dealkylation sites (tertiary alicyclic amines) is 1. The van der Waals surface area contributed by atoms with Gasteiger partial charge in [-0.1, -0.05) is 6.42 Å². The molecule has 1 aliphatic heterocycles. The Morgan fingerprint density at radius 2 is 1.78 bits per heavy atom. The second-order valence-electron chi connectivity index (χ2n) is 4.87. The van der Waals surface area contributed by atoms with Crippen molar-refractivity contribution in [2.24, 2.45) is 0 Å². The van der Waals surface area contributed by atoms with Crippen LogP contribution in [-0.4, -0.2) is 36.9 Å². The van der Waals surface area contributed by atoms with Gasteiger partial charge >= 0.3 is 0 Å². The smallest absolute Gasteiger partial charge is 0.179 e. The molecule has 1 atom stereocenters. The maximum atomic E-state index is 12.4. The molecule has 2 rings (SSSR count). The molecule has 1 heterocycles. The third-order valence-electron chi connectivity index (χ3n) is 3.69. The Labute approximate surface area is 109 Å². The molecule has 0 radical (unpaired) electrons. The normalized spacial score (nSPS) is 18.3. The Bertz CT molecular complexity index is 393. The van der Waals surface area contributed by atoms with Gasteiger partial charge in [0.1, 0.15) is 5.75 Å². The molecule has 0 bridgehead atoms. The lowest BCUT2D eigenvalue weighted by atomic mass is 10.0. The lowest BCUT2D eigenvalue weighted by Gasteiger charge is -2.31. The monoisotopic (exact) mass is 247 g/mol. The number of nitrogens with zero attached hydrogens (tertiary/aromatic N) is 1. The molecule has 18 heavy (non-hydrogen) atoms. The second kappa shape index (κ2) is 6.01. The number of rotatable bonds is 4. The van der Waals surface area contributed by atoms with Crippen molar-refractivity contribution in [1.82, 2.24) is 4.90 Å². The molecule has 1 aromatic carbocycles. The summed E-state index contributed by atoms with van der Waals surface area (Å²) in [6, 6.07) is 7.37. The van der Waals surface area contributed by atoms with E-state index in [-0.39, 0.29) is 11.8 Å². The van der Waals surface area contributed by atoms with Crippen LogP contribution in [0.3, 0.4) is 0 Å². The van der Waals surface area contributed by atoms with Gasteiger partial charge in [-0.15, -0.1) is 0 Å². The molecule has 1 fully saturated rings. The summed E-state index contributed by atoms with van der Waals surface area (Å²) in [5, 5.41) is 0. The number of ketones is 1. The second-order valence-corrected chi connectivity index (χ2v) is 4.87. The van der Waals surface area contributed by atoms with Crippen molar-refractivity contribution in [3.63, 3.8) is 0 Å². The van der Waals surface area contributed by atoms with Crippen LogP contribution < -0.4 is 4.74 Å². The highest BCUT2D eigenvalue weighted by atomic mass is 16.5. The summed E-state index contributed by atoms with van der Waals surface area (Å²) in [6.07, 6.45) is 3.71. The maximum Gasteiger partial charge on any atom is 0.179 e. The van der Waals surface area contributed by atoms with Crippen molar-refractivity contribution in [2.45, 2.75) is 32.2 Å². The summed E-state index contributed by atoms with van der Waals surface area (Å²) < 4.78 is 5.10. The quantitative estimate of drug-likeness (QED) is 0.766. The standard InChI is InChI=1S/C15H21NO2/c1-12(16-10-4-3-5-11-16)15(17)13-6-8-14(18-2)9-7-13/h6-9,12H,3-5,10-11H2,1-2H3. The minimum Gasteiger partial charge on any atom is -0.497 e. The molecule has 3 heteroatoms. The lowest BCUT2D eigenvalue weighted by molar-refractivity contribution is 0.0809. The van der Waals surface area contributed by atoms with Crippen LogP contribution in [0.15, 0.2) is 24.3 Å². The first-order valence-corrected chi connectivity index (χ1v) is 6.64. The molecule has 0 saturated carbocycles. The minimum absolute atomic E-state index is 0.0151. The van der Waals surface area contributed by atoms with Gasteiger partial charge in [0.05, 0.1) is 13.2 Å². The average molecular weight is 247 g/mol. The number of carbonyl (C=O) groups is 1. The molecule has 0 spiro atoms. The van der Waals surface area contributed by atoms with Crippen LogP contribution in [0.4, 0.5) is 0 Å². The average Bonchev–Trinajstić information content (AvgIpc) is 2.47. The van der Waals surface area contributed by atoms with Crippen molar-refractivity contribution < 1.29 is 9.53 Å². The van der Waals surface area contributed by atoms with E-state index in [9.17, 15) is 4.79 Å². The van der Waals surface area contributed by atoms with Gasteiger partial charge in [0, 0.05) is 5.56 Å². The third-order valence-corrected chi connectivity index (χ3v) is 3.69. The van der Waals surface area contributed by atoms with E-state index in [0.717, 1.165) is 24.4 Å². The topological polar surface area (TPSA) is 29.5 Å². The van der Waals surface area contributed by atoms with Gasteiger partial charge in [-0.05, 0) is 57.1 Å². The summed E-state index contributed by atoms with van der Waals surface area (Å²) in [5.41, 5.74) is 0.772. The number of Topliss-reactive ketones (excluding diaryl/α,β-unsaturated/α-hetero) is 1. The van der Waals surface area contributed by atoms with E-state index in [4.69, 9.17) is 4.74 Å². The summed E-state index contributed by atoms with van der Waals surface area (Å²) in [7, 11) is 1.63. The number of carbonyl (C=O) groups excluding carboxylic acids is 1. The number of benzene rings is 1.